The minimum atomic E-state index is 0.812. The van der Waals surface area contributed by atoms with E-state index >= 15 is 0 Å². The summed E-state index contributed by atoms with van der Waals surface area (Å²) < 4.78 is 0. The highest BCUT2D eigenvalue weighted by atomic mass is 15.3. The summed E-state index contributed by atoms with van der Waals surface area (Å²) in [5.41, 5.74) is 0. The zero-order valence-electron chi connectivity index (χ0n) is 52.2. The first kappa shape index (κ1) is 60.0. The maximum absolute atomic E-state index is 3.68. The Morgan fingerprint density at radius 3 is 0.789 bits per heavy atom. The largest absolute Gasteiger partial charge is 0.293 e. The summed E-state index contributed by atoms with van der Waals surface area (Å²) in [7, 11) is 0. The van der Waals surface area contributed by atoms with E-state index in [0.717, 1.165) is 131 Å². The summed E-state index contributed by atoms with van der Waals surface area (Å²) >= 11 is 0. The molecule has 0 radical (unpaired) electrons. The third kappa shape index (κ3) is 15.1. The Morgan fingerprint density at radius 2 is 0.539 bits per heavy atom. The Hall–Kier alpha value is -0.600. The predicted octanol–water partition coefficient (Wildman–Crippen LogP) is 21.7. The van der Waals surface area contributed by atoms with E-state index in [1.807, 2.05) is 0 Å². The second kappa shape index (κ2) is 30.1. The summed E-state index contributed by atoms with van der Waals surface area (Å²) in [5, 5.41) is 0. The molecular formula is C74H130N2. The highest BCUT2D eigenvalue weighted by Crippen LogP contribution is 2.59. The fraction of sp³-hybridized carbons (Fsp3) is 0.946. The first-order valence-corrected chi connectivity index (χ1v) is 36.1. The fourth-order valence-corrected chi connectivity index (χ4v) is 21.3. The molecular weight excluding hydrogens is 917 g/mol. The molecule has 0 bridgehead atoms. The molecule has 9 saturated carbocycles. The van der Waals surface area contributed by atoms with Crippen molar-refractivity contribution in [2.75, 3.05) is 0 Å². The van der Waals surface area contributed by atoms with Crippen molar-refractivity contribution >= 4 is 0 Å². The van der Waals surface area contributed by atoms with Gasteiger partial charge in [0.05, 0.1) is 0 Å². The monoisotopic (exact) mass is 1050 g/mol. The van der Waals surface area contributed by atoms with Gasteiger partial charge in [0.25, 0.3) is 0 Å². The Labute approximate surface area is 474 Å². The van der Waals surface area contributed by atoms with Crippen LogP contribution in [0.4, 0.5) is 0 Å². The van der Waals surface area contributed by atoms with Gasteiger partial charge >= 0.3 is 0 Å². The molecule has 0 aliphatic heterocycles. The van der Waals surface area contributed by atoms with E-state index in [1.54, 1.807) is 25.7 Å². The molecule has 0 heterocycles. The lowest BCUT2D eigenvalue weighted by molar-refractivity contribution is -0.170. The third-order valence-corrected chi connectivity index (χ3v) is 25.1. The van der Waals surface area contributed by atoms with Crippen molar-refractivity contribution in [3.05, 3.63) is 24.3 Å². The van der Waals surface area contributed by atoms with E-state index in [-0.39, 0.29) is 0 Å². The van der Waals surface area contributed by atoms with Crippen molar-refractivity contribution in [2.45, 2.75) is 348 Å². The standard InChI is InChI=1S/C74H130N2/c1-9-13-21-61-49-55(7)50-62(22-14-10-2)71(61)75(65-45-41-59(42-46-65)39-37-57-33-29-53(5)30-34-57)73-67-25-17-19-27-69(67)74(70-28-20-18-26-68(70)73)76(72-63(23-15-11-3)51-56(8)52-64(72)24-16-12-4)66-47-43-60(44-48-66)40-38-58-35-31-54(6)32-36-58/h37-40,53-74H,9-36,41-52H2,1-8H3/b39-37+,40-38+. The van der Waals surface area contributed by atoms with Crippen LogP contribution in [0.5, 0.6) is 0 Å². The number of nitrogens with zero attached hydrogens (tertiary/aromatic N) is 2. The molecule has 9 rings (SSSR count). The second-order valence-corrected chi connectivity index (χ2v) is 30.8. The van der Waals surface area contributed by atoms with Crippen LogP contribution in [0.1, 0.15) is 312 Å². The van der Waals surface area contributed by atoms with Gasteiger partial charge in [-0.2, -0.15) is 0 Å². The highest BCUT2D eigenvalue weighted by molar-refractivity contribution is 5.13. The van der Waals surface area contributed by atoms with Gasteiger partial charge in [-0.3, -0.25) is 9.80 Å². The summed E-state index contributed by atoms with van der Waals surface area (Å²) in [6.45, 7) is 20.4. The van der Waals surface area contributed by atoms with E-state index in [4.69, 9.17) is 0 Å². The van der Waals surface area contributed by atoms with Crippen molar-refractivity contribution in [2.24, 2.45) is 94.7 Å². The molecule has 0 saturated heterocycles. The molecule has 0 amide bonds. The molecule has 0 aromatic rings. The van der Waals surface area contributed by atoms with Crippen LogP contribution in [0.2, 0.25) is 0 Å². The molecule has 0 aromatic heterocycles. The lowest BCUT2D eigenvalue weighted by atomic mass is 9.52. The van der Waals surface area contributed by atoms with Gasteiger partial charge in [0, 0.05) is 36.3 Å². The van der Waals surface area contributed by atoms with Gasteiger partial charge < -0.3 is 0 Å². The van der Waals surface area contributed by atoms with E-state index in [0.29, 0.717) is 0 Å². The predicted molar refractivity (Wildman–Crippen MR) is 331 cm³/mol. The molecule has 9 aliphatic rings. The van der Waals surface area contributed by atoms with Gasteiger partial charge in [0.1, 0.15) is 0 Å². The number of hydrogen-bond donors (Lipinski definition) is 0. The number of hydrogen-bond acceptors (Lipinski definition) is 2. The molecule has 0 spiro atoms. The molecule has 8 atom stereocenters. The van der Waals surface area contributed by atoms with Gasteiger partial charge in [-0.1, -0.05) is 182 Å². The van der Waals surface area contributed by atoms with E-state index in [1.165, 1.54) is 231 Å². The maximum Gasteiger partial charge on any atom is 0.0164 e. The Morgan fingerprint density at radius 1 is 0.289 bits per heavy atom. The lowest BCUT2D eigenvalue weighted by Gasteiger charge is -2.66. The Kier molecular flexibility index (Phi) is 23.8. The first-order valence-electron chi connectivity index (χ1n) is 36.1. The number of fused-ring (bicyclic) bond motifs is 2. The summed E-state index contributed by atoms with van der Waals surface area (Å²) in [5.74, 6) is 14.3. The van der Waals surface area contributed by atoms with Crippen LogP contribution >= 0.6 is 0 Å². The summed E-state index contributed by atoms with van der Waals surface area (Å²) in [6.07, 6.45) is 70.2. The molecule has 0 aromatic carbocycles. The van der Waals surface area contributed by atoms with Crippen LogP contribution in [0.15, 0.2) is 24.3 Å². The van der Waals surface area contributed by atoms with Gasteiger partial charge in [-0.05, 0) is 249 Å². The second-order valence-electron chi connectivity index (χ2n) is 30.8. The minimum Gasteiger partial charge on any atom is -0.293 e. The quantitative estimate of drug-likeness (QED) is 0.0997. The minimum absolute atomic E-state index is 0.812. The lowest BCUT2D eigenvalue weighted by Crippen LogP contribution is -2.71. The number of rotatable bonds is 22. The molecule has 2 nitrogen and oxygen atoms in total. The Bertz CT molecular complexity index is 1480. The van der Waals surface area contributed by atoms with Crippen LogP contribution in [0, 0.1) is 94.7 Å². The molecule has 76 heavy (non-hydrogen) atoms. The van der Waals surface area contributed by atoms with Gasteiger partial charge in [-0.15, -0.1) is 0 Å². The molecule has 9 aliphatic carbocycles. The molecule has 436 valence electrons. The highest BCUT2D eigenvalue weighted by Gasteiger charge is 2.60. The van der Waals surface area contributed by atoms with E-state index < -0.39 is 0 Å². The van der Waals surface area contributed by atoms with Crippen LogP contribution < -0.4 is 0 Å². The van der Waals surface area contributed by atoms with Crippen molar-refractivity contribution < 1.29 is 0 Å². The van der Waals surface area contributed by atoms with Crippen molar-refractivity contribution in [1.29, 1.82) is 0 Å². The first-order chi connectivity index (χ1) is 37.2. The number of unbranched alkanes of at least 4 members (excludes halogenated alkanes) is 4. The maximum atomic E-state index is 3.68. The van der Waals surface area contributed by atoms with Crippen molar-refractivity contribution in [1.82, 2.24) is 9.80 Å². The van der Waals surface area contributed by atoms with Crippen LogP contribution in [0.3, 0.4) is 0 Å². The van der Waals surface area contributed by atoms with Crippen LogP contribution in [-0.4, -0.2) is 46.1 Å². The van der Waals surface area contributed by atoms with Gasteiger partial charge in [0.15, 0.2) is 0 Å². The van der Waals surface area contributed by atoms with E-state index in [9.17, 15) is 0 Å². The average molecular weight is 1050 g/mol. The average Bonchev–Trinajstić information content (AvgIpc) is 3.45. The normalized spacial score (nSPS) is 43.9. The summed E-state index contributed by atoms with van der Waals surface area (Å²) in [6, 6.07) is 4.95. The zero-order chi connectivity index (χ0) is 53.0. The van der Waals surface area contributed by atoms with Crippen molar-refractivity contribution in [3.63, 3.8) is 0 Å². The summed E-state index contributed by atoms with van der Waals surface area (Å²) in [4.78, 5) is 7.37. The topological polar surface area (TPSA) is 6.48 Å². The number of allylic oxidation sites excluding steroid dienone is 4. The van der Waals surface area contributed by atoms with Crippen molar-refractivity contribution in [3.8, 4) is 0 Å². The zero-order valence-corrected chi connectivity index (χ0v) is 52.2. The molecule has 9 fully saturated rings. The van der Waals surface area contributed by atoms with Gasteiger partial charge in [0.2, 0.25) is 0 Å². The smallest absolute Gasteiger partial charge is 0.0164 e. The van der Waals surface area contributed by atoms with Crippen LogP contribution in [-0.2, 0) is 0 Å². The molecule has 2 heteroatoms. The SMILES string of the molecule is CCCCC1CC(C)CC(CCCC)C1N(C1CCC(/C=C/C2CCC(C)CC2)CC1)C1C2CCCCC2C(N(C2CCC(/C=C/C3CCC(C)CC3)CC2)C2C(CCCC)CC(C)CC2CCCC)C2CCCCC21. The molecule has 0 N–H and O–H groups in total. The Balaban J connectivity index is 1.09. The van der Waals surface area contributed by atoms with Crippen LogP contribution in [0.25, 0.3) is 0 Å². The molecule has 8 unspecified atom stereocenters. The van der Waals surface area contributed by atoms with E-state index in [2.05, 4.69) is 89.5 Å². The third-order valence-electron chi connectivity index (χ3n) is 25.1. The van der Waals surface area contributed by atoms with Gasteiger partial charge in [-0.25, -0.2) is 0 Å². The fourth-order valence-electron chi connectivity index (χ4n) is 21.3.